The fourth-order valence-electron chi connectivity index (χ4n) is 1.87. The van der Waals surface area contributed by atoms with Crippen molar-refractivity contribution in [2.45, 2.75) is 59.0 Å². The molecule has 0 bridgehead atoms. The van der Waals surface area contributed by atoms with Gasteiger partial charge in [-0.25, -0.2) is 0 Å². The fraction of sp³-hybridized carbons (Fsp3) is 0.929. The molecule has 2 atom stereocenters. The van der Waals surface area contributed by atoms with Crippen molar-refractivity contribution in [3.05, 3.63) is 0 Å². The number of carbonyl (C=O) groups is 1. The molecule has 0 rings (SSSR count). The lowest BCUT2D eigenvalue weighted by Gasteiger charge is -2.31. The first-order valence-electron chi connectivity index (χ1n) is 7.18. The fourth-order valence-corrected chi connectivity index (χ4v) is 1.87. The molecule has 0 aromatic carbocycles. The molecule has 0 saturated heterocycles. The van der Waals surface area contributed by atoms with Gasteiger partial charge in [-0.2, -0.15) is 0 Å². The van der Waals surface area contributed by atoms with E-state index in [9.17, 15) is 4.79 Å². The van der Waals surface area contributed by atoms with Crippen molar-refractivity contribution < 1.29 is 9.53 Å². The van der Waals surface area contributed by atoms with Crippen LogP contribution in [0, 0.1) is 0 Å². The van der Waals surface area contributed by atoms with Crippen LogP contribution in [0.25, 0.3) is 0 Å². The molecule has 0 amide bonds. The molecule has 0 saturated carbocycles. The summed E-state index contributed by atoms with van der Waals surface area (Å²) >= 11 is 0. The Morgan fingerprint density at radius 1 is 1.33 bits per heavy atom. The second-order valence-corrected chi connectivity index (χ2v) is 4.70. The van der Waals surface area contributed by atoms with Gasteiger partial charge in [-0.15, -0.1) is 0 Å². The molecule has 0 fully saturated rings. The zero-order chi connectivity index (χ0) is 14.0. The van der Waals surface area contributed by atoms with Crippen LogP contribution in [0.4, 0.5) is 0 Å². The molecule has 0 radical (unpaired) electrons. The summed E-state index contributed by atoms with van der Waals surface area (Å²) in [6.45, 7) is 10.6. The van der Waals surface area contributed by atoms with Crippen LogP contribution >= 0.6 is 0 Å². The van der Waals surface area contributed by atoms with E-state index in [1.807, 2.05) is 14.0 Å². The first-order chi connectivity index (χ1) is 8.60. The van der Waals surface area contributed by atoms with Gasteiger partial charge in [0.1, 0.15) is 6.04 Å². The highest BCUT2D eigenvalue weighted by Crippen LogP contribution is 2.07. The molecule has 0 aromatic heterocycles. The number of hydrogen-bond donors (Lipinski definition) is 1. The van der Waals surface area contributed by atoms with Crippen LogP contribution in [-0.2, 0) is 9.53 Å². The molecule has 0 aliphatic carbocycles. The third kappa shape index (κ3) is 6.36. The standard InChI is InChI=1S/C14H30N2O2/c1-6-9-10-16(12(4)7-2)11-13(15-5)14(17)18-8-3/h12-13,15H,6-11H2,1-5H3. The van der Waals surface area contributed by atoms with Gasteiger partial charge in [0.15, 0.2) is 0 Å². The normalized spacial score (nSPS) is 14.6. The van der Waals surface area contributed by atoms with Gasteiger partial charge >= 0.3 is 5.97 Å². The van der Waals surface area contributed by atoms with Crippen LogP contribution in [0.3, 0.4) is 0 Å². The van der Waals surface area contributed by atoms with Crippen molar-refractivity contribution in [1.29, 1.82) is 0 Å². The van der Waals surface area contributed by atoms with Crippen molar-refractivity contribution >= 4 is 5.97 Å². The highest BCUT2D eigenvalue weighted by atomic mass is 16.5. The third-order valence-electron chi connectivity index (χ3n) is 3.35. The van der Waals surface area contributed by atoms with Gasteiger partial charge in [-0.3, -0.25) is 9.69 Å². The van der Waals surface area contributed by atoms with Gasteiger partial charge in [0.25, 0.3) is 0 Å². The maximum absolute atomic E-state index is 11.8. The lowest BCUT2D eigenvalue weighted by atomic mass is 10.1. The smallest absolute Gasteiger partial charge is 0.324 e. The van der Waals surface area contributed by atoms with Crippen LogP contribution in [0.2, 0.25) is 0 Å². The first-order valence-corrected chi connectivity index (χ1v) is 7.18. The average Bonchev–Trinajstić information content (AvgIpc) is 2.38. The minimum atomic E-state index is -0.226. The first kappa shape index (κ1) is 17.4. The maximum Gasteiger partial charge on any atom is 0.324 e. The van der Waals surface area contributed by atoms with E-state index in [-0.39, 0.29) is 12.0 Å². The van der Waals surface area contributed by atoms with E-state index in [1.165, 1.54) is 12.8 Å². The third-order valence-corrected chi connectivity index (χ3v) is 3.35. The van der Waals surface area contributed by atoms with E-state index < -0.39 is 0 Å². The van der Waals surface area contributed by atoms with Crippen LogP contribution in [0.15, 0.2) is 0 Å². The van der Waals surface area contributed by atoms with Crippen LogP contribution in [0.5, 0.6) is 0 Å². The quantitative estimate of drug-likeness (QED) is 0.609. The number of nitrogens with one attached hydrogen (secondary N) is 1. The summed E-state index contributed by atoms with van der Waals surface area (Å²) in [7, 11) is 1.82. The Bertz CT molecular complexity index is 222. The van der Waals surface area contributed by atoms with Gasteiger partial charge in [0.2, 0.25) is 0 Å². The molecule has 0 aromatic rings. The number of likely N-dealkylation sites (N-methyl/N-ethyl adjacent to an activating group) is 1. The van der Waals surface area contributed by atoms with E-state index in [4.69, 9.17) is 4.74 Å². The summed E-state index contributed by atoms with van der Waals surface area (Å²) in [5.41, 5.74) is 0. The monoisotopic (exact) mass is 258 g/mol. The topological polar surface area (TPSA) is 41.6 Å². The second-order valence-electron chi connectivity index (χ2n) is 4.70. The molecule has 0 heterocycles. The zero-order valence-electron chi connectivity index (χ0n) is 12.7. The largest absolute Gasteiger partial charge is 0.465 e. The van der Waals surface area contributed by atoms with E-state index in [0.29, 0.717) is 12.6 Å². The lowest BCUT2D eigenvalue weighted by molar-refractivity contribution is -0.146. The number of unbranched alkanes of at least 4 members (excludes halogenated alkanes) is 1. The van der Waals surface area contributed by atoms with Crippen molar-refractivity contribution in [2.75, 3.05) is 26.7 Å². The minimum absolute atomic E-state index is 0.148. The molecule has 18 heavy (non-hydrogen) atoms. The number of carbonyl (C=O) groups excluding carboxylic acids is 1. The van der Waals surface area contributed by atoms with Crippen molar-refractivity contribution in [2.24, 2.45) is 0 Å². The Labute approximate surface area is 112 Å². The number of rotatable bonds is 10. The summed E-state index contributed by atoms with van der Waals surface area (Å²) in [5.74, 6) is -0.148. The van der Waals surface area contributed by atoms with Crippen LogP contribution < -0.4 is 5.32 Å². The molecule has 1 N–H and O–H groups in total. The van der Waals surface area contributed by atoms with E-state index in [0.717, 1.165) is 19.5 Å². The van der Waals surface area contributed by atoms with Crippen molar-refractivity contribution in [1.82, 2.24) is 10.2 Å². The molecule has 4 heteroatoms. The van der Waals surface area contributed by atoms with Gasteiger partial charge < -0.3 is 10.1 Å². The second kappa shape index (κ2) is 10.3. The maximum atomic E-state index is 11.8. The SMILES string of the molecule is CCCCN(CC(NC)C(=O)OCC)C(C)CC. The molecule has 0 spiro atoms. The highest BCUT2D eigenvalue weighted by Gasteiger charge is 2.23. The van der Waals surface area contributed by atoms with Crippen molar-refractivity contribution in [3.8, 4) is 0 Å². The summed E-state index contributed by atoms with van der Waals surface area (Å²) in [4.78, 5) is 14.2. The summed E-state index contributed by atoms with van der Waals surface area (Å²) in [5, 5.41) is 3.06. The van der Waals surface area contributed by atoms with E-state index in [1.54, 1.807) is 0 Å². The number of esters is 1. The highest BCUT2D eigenvalue weighted by molar-refractivity contribution is 5.76. The van der Waals surface area contributed by atoms with Crippen LogP contribution in [-0.4, -0.2) is 49.7 Å². The van der Waals surface area contributed by atoms with Crippen LogP contribution in [0.1, 0.15) is 47.0 Å². The predicted octanol–water partition coefficient (Wildman–Crippen LogP) is 2.04. The van der Waals surface area contributed by atoms with Gasteiger partial charge in [0, 0.05) is 12.6 Å². The summed E-state index contributed by atoms with van der Waals surface area (Å²) in [6.07, 6.45) is 3.45. The van der Waals surface area contributed by atoms with Gasteiger partial charge in [-0.05, 0) is 40.3 Å². The Balaban J connectivity index is 4.45. The number of hydrogen-bond acceptors (Lipinski definition) is 4. The number of ether oxygens (including phenoxy) is 1. The predicted molar refractivity (Wildman–Crippen MR) is 75.7 cm³/mol. The average molecular weight is 258 g/mol. The number of nitrogens with zero attached hydrogens (tertiary/aromatic N) is 1. The Morgan fingerprint density at radius 3 is 2.44 bits per heavy atom. The van der Waals surface area contributed by atoms with Gasteiger partial charge in [0.05, 0.1) is 6.61 Å². The Kier molecular flexibility index (Phi) is 9.98. The van der Waals surface area contributed by atoms with Gasteiger partial charge in [-0.1, -0.05) is 20.3 Å². The summed E-state index contributed by atoms with van der Waals surface area (Å²) in [6, 6.07) is 0.276. The van der Waals surface area contributed by atoms with E-state index in [2.05, 4.69) is 31.0 Å². The molecular weight excluding hydrogens is 228 g/mol. The molecule has 0 aliphatic rings. The molecular formula is C14H30N2O2. The molecule has 108 valence electrons. The van der Waals surface area contributed by atoms with E-state index >= 15 is 0 Å². The van der Waals surface area contributed by atoms with Crippen molar-refractivity contribution in [3.63, 3.8) is 0 Å². The minimum Gasteiger partial charge on any atom is -0.465 e. The molecule has 0 aliphatic heterocycles. The lowest BCUT2D eigenvalue weighted by Crippen LogP contribution is -2.48. The summed E-state index contributed by atoms with van der Waals surface area (Å²) < 4.78 is 5.09. The molecule has 4 nitrogen and oxygen atoms in total. The zero-order valence-corrected chi connectivity index (χ0v) is 12.7. The Morgan fingerprint density at radius 2 is 2.00 bits per heavy atom. The molecule has 2 unspecified atom stereocenters. The Hall–Kier alpha value is -0.610.